The van der Waals surface area contributed by atoms with Crippen molar-refractivity contribution in [1.82, 2.24) is 60.9 Å². The third kappa shape index (κ3) is 26.6. The van der Waals surface area contributed by atoms with Gasteiger partial charge in [0.25, 0.3) is 0 Å². The lowest BCUT2D eigenvalue weighted by atomic mass is 9.89. The second-order valence-corrected chi connectivity index (χ2v) is 28.9. The number of nitrogens with zero attached hydrogens (tertiary/aromatic N) is 7. The first-order valence-corrected chi connectivity index (χ1v) is 34.4. The summed E-state index contributed by atoms with van der Waals surface area (Å²) in [6, 6.07) is -12.6. The Balaban J connectivity index is 4.45. The van der Waals surface area contributed by atoms with Crippen molar-refractivity contribution in [3.05, 3.63) is 0 Å². The molecule has 0 aromatic carbocycles. The number of esters is 1. The monoisotopic (exact) mass is 1340 g/mol. The lowest BCUT2D eigenvalue weighted by molar-refractivity contribution is -0.164. The number of likely N-dealkylation sites (N-methyl/N-ethyl adjacent to an activating group) is 7. The second kappa shape index (κ2) is 40.6. The smallest absolute Gasteiger partial charge is 0.303 e. The van der Waals surface area contributed by atoms with Crippen LogP contribution < -0.4 is 26.6 Å². The van der Waals surface area contributed by atoms with E-state index in [2.05, 4.69) is 26.6 Å². The number of carbonyl (C=O) groups is 13. The highest BCUT2D eigenvalue weighted by molar-refractivity contribution is 5.99. The van der Waals surface area contributed by atoms with Crippen LogP contribution >= 0.6 is 0 Å². The fourth-order valence-corrected chi connectivity index (χ4v) is 12.0. The van der Waals surface area contributed by atoms with Gasteiger partial charge in [0.15, 0.2) is 0 Å². The highest BCUT2D eigenvalue weighted by atomic mass is 16.5. The first-order chi connectivity index (χ1) is 44.0. The van der Waals surface area contributed by atoms with E-state index in [9.17, 15) is 43.2 Å². The highest BCUT2D eigenvalue weighted by Crippen LogP contribution is 2.28. The number of amides is 12. The van der Waals surface area contributed by atoms with Gasteiger partial charge in [0.2, 0.25) is 70.9 Å². The molecular formula is C69H124N12O14. The molecular weight excluding hydrogens is 1220 g/mol. The van der Waals surface area contributed by atoms with Crippen molar-refractivity contribution >= 4 is 76.9 Å². The van der Waals surface area contributed by atoms with Crippen molar-refractivity contribution in [2.24, 2.45) is 41.4 Å². The van der Waals surface area contributed by atoms with Crippen molar-refractivity contribution in [3.63, 3.8) is 0 Å². The molecule has 1 rings (SSSR count). The van der Waals surface area contributed by atoms with Gasteiger partial charge in [-0.1, -0.05) is 116 Å². The molecule has 1 fully saturated rings. The SMILES string of the molecule is CC[C@@H]1NC(=O)[C@H]([C@H](OC(C)=O)[C@H](C)CCCCCCNC(C)=O)N(C)C(=O)[C@H](C(C)C)N(C)C(=O)[C@H](CC(C)C)N(C)C(=O)[C@H](CC(C)C)N(C)C(=O)[C@H](C)NC(=O)[C@@H](C)NC(=O)[C@@H](CCC(C)C)N(C)C(=O)[C@@H](C(C)C)NC(=O)[C@H](CC(C)C)N(C)C(=O)CN(C)C1=O. The topological polar surface area (TPSA) is 314 Å². The van der Waals surface area contributed by atoms with Crippen molar-refractivity contribution in [2.45, 2.75) is 262 Å². The summed E-state index contributed by atoms with van der Waals surface area (Å²) in [5.74, 6) is -10.7. The third-order valence-corrected chi connectivity index (χ3v) is 17.9. The van der Waals surface area contributed by atoms with E-state index < -0.39 is 162 Å². The van der Waals surface area contributed by atoms with Crippen LogP contribution in [0.3, 0.4) is 0 Å². The molecule has 5 N–H and O–H groups in total. The van der Waals surface area contributed by atoms with Gasteiger partial charge in [-0.25, -0.2) is 0 Å². The first kappa shape index (κ1) is 86.1. The number of ether oxygens (including phenoxy) is 1. The largest absolute Gasteiger partial charge is 0.460 e. The first-order valence-electron chi connectivity index (χ1n) is 34.4. The summed E-state index contributed by atoms with van der Waals surface area (Å²) in [4.78, 5) is 196. The quantitative estimate of drug-likeness (QED) is 0.0744. The standard InChI is InChI=1S/C69H124N12O14/c1-26-50-65(90)75(19)38-55(84)76(20)52(35-40(4)5)62(87)74-56(43(10)11)68(93)77(21)51(33-32-39(2)3)61(86)71-46(15)60(85)72-47(16)64(89)78(22)53(36-41(6)7)66(91)79(23)54(37-42(8)9)67(92)80(24)57(44(12)13)69(94)81(25)58(63(88)73-50)59(95-49(18)83)45(14)31-29-27-28-30-34-70-48(17)82/h39-47,50-54,56-59H,26-38H2,1-25H3,(H,70,82)(H,71,86)(H,72,85)(H,73,88)(H,74,87)/t45-,46-,47+,50+,51-,52+,53+,54+,56-,57+,58+,59-/m1/s1. The van der Waals surface area contributed by atoms with E-state index in [-0.39, 0.29) is 61.7 Å². The summed E-state index contributed by atoms with van der Waals surface area (Å²) in [7, 11) is 9.91. The van der Waals surface area contributed by atoms with Crippen LogP contribution in [0.15, 0.2) is 0 Å². The number of rotatable bonds is 22. The van der Waals surface area contributed by atoms with Gasteiger partial charge >= 0.3 is 5.97 Å². The van der Waals surface area contributed by atoms with E-state index in [0.29, 0.717) is 38.6 Å². The van der Waals surface area contributed by atoms with Crippen molar-refractivity contribution in [1.29, 1.82) is 0 Å². The molecule has 12 amide bonds. The van der Waals surface area contributed by atoms with Crippen LogP contribution in [0.5, 0.6) is 0 Å². The van der Waals surface area contributed by atoms with E-state index in [4.69, 9.17) is 4.74 Å². The van der Waals surface area contributed by atoms with E-state index in [1.165, 1.54) is 102 Å². The van der Waals surface area contributed by atoms with E-state index in [0.717, 1.165) is 16.2 Å². The molecule has 0 aromatic heterocycles. The van der Waals surface area contributed by atoms with Crippen LogP contribution in [-0.4, -0.2) is 240 Å². The van der Waals surface area contributed by atoms with E-state index in [1.807, 2.05) is 55.4 Å². The van der Waals surface area contributed by atoms with E-state index in [1.54, 1.807) is 41.5 Å². The van der Waals surface area contributed by atoms with Gasteiger partial charge in [0.1, 0.15) is 66.5 Å². The molecule has 0 unspecified atom stereocenters. The highest BCUT2D eigenvalue weighted by Gasteiger charge is 2.47. The zero-order valence-electron chi connectivity index (χ0n) is 62.4. The van der Waals surface area contributed by atoms with Crippen LogP contribution in [0, 0.1) is 41.4 Å². The molecule has 95 heavy (non-hydrogen) atoms. The molecule has 0 aliphatic carbocycles. The Hall–Kier alpha value is -6.89. The Labute approximate surface area is 568 Å². The average molecular weight is 1350 g/mol. The maximum Gasteiger partial charge on any atom is 0.303 e. The van der Waals surface area contributed by atoms with Gasteiger partial charge in [-0.05, 0) is 107 Å². The fraction of sp³-hybridized carbons (Fsp3) is 0.812. The summed E-state index contributed by atoms with van der Waals surface area (Å²) < 4.78 is 6.04. The summed E-state index contributed by atoms with van der Waals surface area (Å²) in [6.07, 6.45) is 2.90. The third-order valence-electron chi connectivity index (χ3n) is 17.9. The van der Waals surface area contributed by atoms with E-state index >= 15 is 19.2 Å². The molecule has 26 heteroatoms. The number of nitrogens with one attached hydrogen (secondary N) is 5. The Kier molecular flexibility index (Phi) is 36.8. The Morgan fingerprint density at radius 2 is 0.947 bits per heavy atom. The molecule has 0 radical (unpaired) electrons. The maximum atomic E-state index is 15.6. The maximum absolute atomic E-state index is 15.6. The summed E-state index contributed by atoms with van der Waals surface area (Å²) in [5, 5.41) is 13.9. The Bertz CT molecular complexity index is 2600. The molecule has 0 spiro atoms. The molecule has 1 aliphatic heterocycles. The predicted octanol–water partition coefficient (Wildman–Crippen LogP) is 4.35. The molecule has 1 heterocycles. The molecule has 0 bridgehead atoms. The normalized spacial score (nSPS) is 25.1. The zero-order valence-corrected chi connectivity index (χ0v) is 62.4. The van der Waals surface area contributed by atoms with Crippen molar-refractivity contribution in [3.8, 4) is 0 Å². The molecule has 0 saturated carbocycles. The van der Waals surface area contributed by atoms with Crippen LogP contribution in [-0.2, 0) is 67.1 Å². The minimum atomic E-state index is -1.63. The molecule has 544 valence electrons. The lowest BCUT2D eigenvalue weighted by Crippen LogP contribution is -2.64. The van der Waals surface area contributed by atoms with Gasteiger partial charge in [0.05, 0.1) is 6.54 Å². The number of hydrogen-bond acceptors (Lipinski definition) is 14. The van der Waals surface area contributed by atoms with Gasteiger partial charge in [-0.3, -0.25) is 62.3 Å². The van der Waals surface area contributed by atoms with Crippen LogP contribution in [0.4, 0.5) is 0 Å². The Morgan fingerprint density at radius 1 is 0.474 bits per heavy atom. The van der Waals surface area contributed by atoms with Crippen molar-refractivity contribution in [2.75, 3.05) is 62.4 Å². The predicted molar refractivity (Wildman–Crippen MR) is 365 cm³/mol. The lowest BCUT2D eigenvalue weighted by Gasteiger charge is -2.42. The average Bonchev–Trinajstić information content (AvgIpc) is 0.804. The number of hydrogen-bond donors (Lipinski definition) is 5. The molecule has 12 atom stereocenters. The number of unbranched alkanes of at least 4 members (excludes halogenated alkanes) is 3. The van der Waals surface area contributed by atoms with Crippen LogP contribution in [0.1, 0.15) is 195 Å². The Morgan fingerprint density at radius 3 is 1.43 bits per heavy atom. The summed E-state index contributed by atoms with van der Waals surface area (Å²) in [5.41, 5.74) is 0. The number of carbonyl (C=O) groups excluding carboxylic acids is 13. The van der Waals surface area contributed by atoms with Gasteiger partial charge < -0.3 is 65.6 Å². The second-order valence-electron chi connectivity index (χ2n) is 28.9. The van der Waals surface area contributed by atoms with Crippen LogP contribution in [0.25, 0.3) is 0 Å². The van der Waals surface area contributed by atoms with Gasteiger partial charge in [-0.2, -0.15) is 0 Å². The minimum Gasteiger partial charge on any atom is -0.460 e. The zero-order chi connectivity index (χ0) is 73.4. The molecule has 1 saturated heterocycles. The summed E-state index contributed by atoms with van der Waals surface area (Å²) in [6.45, 7) is 30.8. The molecule has 0 aromatic rings. The molecule has 26 nitrogen and oxygen atoms in total. The fourth-order valence-electron chi connectivity index (χ4n) is 12.0. The molecule has 1 aliphatic rings. The minimum absolute atomic E-state index is 0.0165. The van der Waals surface area contributed by atoms with Gasteiger partial charge in [-0.15, -0.1) is 0 Å². The van der Waals surface area contributed by atoms with Gasteiger partial charge in [0, 0.05) is 69.7 Å². The van der Waals surface area contributed by atoms with Crippen molar-refractivity contribution < 1.29 is 67.1 Å². The summed E-state index contributed by atoms with van der Waals surface area (Å²) >= 11 is 0. The van der Waals surface area contributed by atoms with Crippen LogP contribution in [0.2, 0.25) is 0 Å².